The number of amides is 1. The van der Waals surface area contributed by atoms with Gasteiger partial charge in [0.1, 0.15) is 0 Å². The molecule has 6 N–H and O–H groups in total. The van der Waals surface area contributed by atoms with Crippen molar-refractivity contribution in [2.45, 2.75) is 19.8 Å². The Balaban J connectivity index is 2.14. The second-order valence-electron chi connectivity index (χ2n) is 5.53. The van der Waals surface area contributed by atoms with Gasteiger partial charge >= 0.3 is 0 Å². The van der Waals surface area contributed by atoms with Crippen LogP contribution in [0.3, 0.4) is 0 Å². The number of benzene rings is 1. The summed E-state index contributed by atoms with van der Waals surface area (Å²) in [6, 6.07) is 6.97. The van der Waals surface area contributed by atoms with Crippen molar-refractivity contribution in [3.8, 4) is 0 Å². The van der Waals surface area contributed by atoms with Gasteiger partial charge in [-0.3, -0.25) is 4.79 Å². The van der Waals surface area contributed by atoms with E-state index in [9.17, 15) is 4.79 Å². The first kappa shape index (κ1) is 15.8. The second kappa shape index (κ2) is 6.93. The summed E-state index contributed by atoms with van der Waals surface area (Å²) in [7, 11) is 0. The van der Waals surface area contributed by atoms with E-state index in [0.29, 0.717) is 17.2 Å². The zero-order chi connectivity index (χ0) is 16.1. The van der Waals surface area contributed by atoms with Crippen LogP contribution in [-0.4, -0.2) is 35.8 Å². The van der Waals surface area contributed by atoms with Crippen molar-refractivity contribution in [2.24, 2.45) is 33.1 Å². The Bertz CT molecular complexity index is 598. The van der Waals surface area contributed by atoms with Gasteiger partial charge < -0.3 is 22.1 Å². The lowest BCUT2D eigenvalue weighted by Gasteiger charge is -2.30. The van der Waals surface area contributed by atoms with E-state index in [0.717, 1.165) is 25.9 Å². The summed E-state index contributed by atoms with van der Waals surface area (Å²) in [5, 5.41) is 0. The molecule has 1 aromatic rings. The number of likely N-dealkylation sites (tertiary alicyclic amines) is 1. The molecule has 1 heterocycles. The number of hydrogen-bond acceptors (Lipinski definition) is 2. The van der Waals surface area contributed by atoms with E-state index in [2.05, 4.69) is 16.9 Å². The molecule has 1 aliphatic heterocycles. The van der Waals surface area contributed by atoms with E-state index in [1.54, 1.807) is 24.3 Å². The predicted molar refractivity (Wildman–Crippen MR) is 87.8 cm³/mol. The van der Waals surface area contributed by atoms with Crippen LogP contribution in [0.25, 0.3) is 0 Å². The highest BCUT2D eigenvalue weighted by Gasteiger charge is 2.21. The van der Waals surface area contributed by atoms with Crippen molar-refractivity contribution in [3.63, 3.8) is 0 Å². The van der Waals surface area contributed by atoms with Crippen LogP contribution in [-0.2, 0) is 0 Å². The minimum absolute atomic E-state index is 0.0179. The van der Waals surface area contributed by atoms with Gasteiger partial charge in [0.2, 0.25) is 5.96 Å². The molecule has 7 nitrogen and oxygen atoms in total. The maximum Gasteiger partial charge on any atom is 0.253 e. The summed E-state index contributed by atoms with van der Waals surface area (Å²) >= 11 is 0. The van der Waals surface area contributed by atoms with Crippen LogP contribution in [0.5, 0.6) is 0 Å². The summed E-state index contributed by atoms with van der Waals surface area (Å²) in [6.45, 7) is 3.80. The van der Waals surface area contributed by atoms with Crippen molar-refractivity contribution in [3.05, 3.63) is 29.8 Å². The van der Waals surface area contributed by atoms with Crippen LogP contribution < -0.4 is 17.2 Å². The Labute approximate surface area is 129 Å². The molecule has 1 aliphatic rings. The first-order valence-electron chi connectivity index (χ1n) is 7.29. The smallest absolute Gasteiger partial charge is 0.253 e. The summed E-state index contributed by atoms with van der Waals surface area (Å²) < 4.78 is 0. The molecule has 0 atom stereocenters. The van der Waals surface area contributed by atoms with Gasteiger partial charge in [-0.15, -0.1) is 0 Å². The minimum atomic E-state index is -0.157. The highest BCUT2D eigenvalue weighted by Crippen LogP contribution is 2.20. The number of aliphatic imine (C=N–C) groups is 2. The zero-order valence-corrected chi connectivity index (χ0v) is 12.7. The summed E-state index contributed by atoms with van der Waals surface area (Å²) in [6.07, 6.45) is 2.09. The molecule has 118 valence electrons. The topological polar surface area (TPSA) is 123 Å². The van der Waals surface area contributed by atoms with Gasteiger partial charge in [0.25, 0.3) is 5.91 Å². The molecule has 1 aromatic carbocycles. The van der Waals surface area contributed by atoms with Crippen LogP contribution in [0.1, 0.15) is 30.1 Å². The van der Waals surface area contributed by atoms with Crippen molar-refractivity contribution in [2.75, 3.05) is 13.1 Å². The van der Waals surface area contributed by atoms with Crippen molar-refractivity contribution >= 4 is 23.5 Å². The molecule has 1 fully saturated rings. The Morgan fingerprint density at radius 2 is 1.91 bits per heavy atom. The molecule has 0 saturated carbocycles. The lowest BCUT2D eigenvalue weighted by Crippen LogP contribution is -2.37. The van der Waals surface area contributed by atoms with Gasteiger partial charge in [0, 0.05) is 18.7 Å². The molecule has 0 unspecified atom stereocenters. The van der Waals surface area contributed by atoms with Crippen LogP contribution in [0, 0.1) is 5.92 Å². The number of carbonyl (C=O) groups excluding carboxylic acids is 1. The number of nitrogens with two attached hydrogens (primary N) is 3. The predicted octanol–water partition coefficient (Wildman–Crippen LogP) is 0.778. The third-order valence-electron chi connectivity index (χ3n) is 3.65. The number of carbonyl (C=O) groups is 1. The largest absolute Gasteiger partial charge is 0.370 e. The molecule has 0 spiro atoms. The first-order chi connectivity index (χ1) is 10.5. The molecular weight excluding hydrogens is 280 g/mol. The number of piperidine rings is 1. The number of nitrogens with zero attached hydrogens (tertiary/aromatic N) is 3. The lowest BCUT2D eigenvalue weighted by molar-refractivity contribution is 0.0697. The average Bonchev–Trinajstić information content (AvgIpc) is 2.46. The van der Waals surface area contributed by atoms with E-state index in [1.165, 1.54) is 0 Å². The molecule has 0 bridgehead atoms. The third-order valence-corrected chi connectivity index (χ3v) is 3.65. The highest BCUT2D eigenvalue weighted by molar-refractivity contribution is 5.96. The summed E-state index contributed by atoms with van der Waals surface area (Å²) in [5.74, 6) is 0.496. The molecule has 1 amide bonds. The van der Waals surface area contributed by atoms with Crippen molar-refractivity contribution in [1.29, 1.82) is 0 Å². The molecule has 7 heteroatoms. The van der Waals surface area contributed by atoms with Crippen molar-refractivity contribution in [1.82, 2.24) is 4.90 Å². The monoisotopic (exact) mass is 302 g/mol. The van der Waals surface area contributed by atoms with Crippen LogP contribution in [0.4, 0.5) is 5.69 Å². The Hall–Kier alpha value is -2.57. The van der Waals surface area contributed by atoms with Gasteiger partial charge in [-0.1, -0.05) is 13.0 Å². The third kappa shape index (κ3) is 4.21. The lowest BCUT2D eigenvalue weighted by atomic mass is 9.98. The number of hydrogen-bond donors (Lipinski definition) is 3. The van der Waals surface area contributed by atoms with E-state index in [-0.39, 0.29) is 17.8 Å². The fraction of sp³-hybridized carbons (Fsp3) is 0.400. The van der Waals surface area contributed by atoms with Crippen LogP contribution in [0.15, 0.2) is 34.3 Å². The molecule has 22 heavy (non-hydrogen) atoms. The molecule has 0 aliphatic carbocycles. The maximum atomic E-state index is 12.5. The molecule has 0 aromatic heterocycles. The van der Waals surface area contributed by atoms with Gasteiger partial charge in [-0.25, -0.2) is 4.99 Å². The molecule has 2 rings (SSSR count). The van der Waals surface area contributed by atoms with Crippen LogP contribution in [0.2, 0.25) is 0 Å². The fourth-order valence-electron chi connectivity index (χ4n) is 2.39. The Morgan fingerprint density at radius 3 is 2.55 bits per heavy atom. The average molecular weight is 302 g/mol. The first-order valence-corrected chi connectivity index (χ1v) is 7.29. The zero-order valence-electron chi connectivity index (χ0n) is 12.7. The van der Waals surface area contributed by atoms with E-state index in [4.69, 9.17) is 17.2 Å². The SMILES string of the molecule is CC1CCN(C(=O)c2cccc(N=C(N)N=C(N)N)c2)CC1. The number of rotatable bonds is 2. The summed E-state index contributed by atoms with van der Waals surface area (Å²) in [5.41, 5.74) is 17.2. The van der Waals surface area contributed by atoms with E-state index >= 15 is 0 Å². The normalized spacial score (nSPS) is 16.4. The van der Waals surface area contributed by atoms with Crippen molar-refractivity contribution < 1.29 is 4.79 Å². The quantitative estimate of drug-likeness (QED) is 0.551. The van der Waals surface area contributed by atoms with E-state index < -0.39 is 0 Å². The van der Waals surface area contributed by atoms with Crippen LogP contribution >= 0.6 is 0 Å². The number of guanidine groups is 2. The minimum Gasteiger partial charge on any atom is -0.370 e. The Morgan fingerprint density at radius 1 is 1.23 bits per heavy atom. The van der Waals surface area contributed by atoms with Gasteiger partial charge in [0.15, 0.2) is 5.96 Å². The van der Waals surface area contributed by atoms with Gasteiger partial charge in [-0.05, 0) is 37.0 Å². The molecule has 1 saturated heterocycles. The fourth-order valence-corrected chi connectivity index (χ4v) is 2.39. The molecular formula is C15H22N6O. The Kier molecular flexibility index (Phi) is 4.98. The second-order valence-corrected chi connectivity index (χ2v) is 5.53. The highest BCUT2D eigenvalue weighted by atomic mass is 16.2. The standard InChI is InChI=1S/C15H22N6O/c1-10-5-7-21(8-6-10)13(22)11-3-2-4-12(9-11)19-15(18)20-14(16)17/h2-4,9-10H,5-8H2,1H3,(H6,16,17,18,19,20). The summed E-state index contributed by atoms with van der Waals surface area (Å²) in [4.78, 5) is 22.1. The van der Waals surface area contributed by atoms with Gasteiger partial charge in [-0.2, -0.15) is 4.99 Å². The maximum absolute atomic E-state index is 12.5. The van der Waals surface area contributed by atoms with Gasteiger partial charge in [0.05, 0.1) is 5.69 Å². The van der Waals surface area contributed by atoms with E-state index in [1.807, 2.05) is 4.90 Å². The molecule has 0 radical (unpaired) electrons.